The molecule has 1 heterocycles. The van der Waals surface area contributed by atoms with Gasteiger partial charge in [-0.2, -0.15) is 0 Å². The summed E-state index contributed by atoms with van der Waals surface area (Å²) in [5.74, 6) is 0.367. The summed E-state index contributed by atoms with van der Waals surface area (Å²) in [5, 5.41) is 3.04. The number of fused-ring (bicyclic) bond motifs is 1. The van der Waals surface area contributed by atoms with Gasteiger partial charge in [-0.25, -0.2) is 8.42 Å². The number of hydrogen-bond acceptors (Lipinski definition) is 4. The third-order valence-electron chi connectivity index (χ3n) is 5.66. The Hall–Kier alpha value is -2.34. The van der Waals surface area contributed by atoms with Gasteiger partial charge >= 0.3 is 0 Å². The van der Waals surface area contributed by atoms with Gasteiger partial charge in [-0.1, -0.05) is 49.2 Å². The van der Waals surface area contributed by atoms with Crippen LogP contribution in [0, 0.1) is 0 Å². The SMILES string of the molecule is O=C(NC1CCOc2ccccc21)C1(S(=O)(=O)c2ccccc2)CCCC1. The maximum atomic E-state index is 13.4. The number of amides is 1. The van der Waals surface area contributed by atoms with Gasteiger partial charge in [0, 0.05) is 12.0 Å². The van der Waals surface area contributed by atoms with Crippen LogP contribution in [0.5, 0.6) is 5.75 Å². The first-order valence-electron chi connectivity index (χ1n) is 9.37. The van der Waals surface area contributed by atoms with E-state index in [1.807, 2.05) is 24.3 Å². The summed E-state index contributed by atoms with van der Waals surface area (Å²) in [6.07, 6.45) is 2.83. The lowest BCUT2D eigenvalue weighted by Crippen LogP contribution is -2.51. The van der Waals surface area contributed by atoms with Crippen molar-refractivity contribution in [2.24, 2.45) is 0 Å². The molecule has 1 fully saturated rings. The van der Waals surface area contributed by atoms with E-state index in [1.165, 1.54) is 0 Å². The highest BCUT2D eigenvalue weighted by atomic mass is 32.2. The minimum Gasteiger partial charge on any atom is -0.493 e. The predicted octanol–water partition coefficient (Wildman–Crippen LogP) is 3.41. The summed E-state index contributed by atoms with van der Waals surface area (Å²) in [4.78, 5) is 13.6. The Morgan fingerprint density at radius 2 is 1.67 bits per heavy atom. The van der Waals surface area contributed by atoms with Gasteiger partial charge < -0.3 is 10.1 Å². The van der Waals surface area contributed by atoms with Crippen LogP contribution in [0.15, 0.2) is 59.5 Å². The second-order valence-corrected chi connectivity index (χ2v) is 9.48. The van der Waals surface area contributed by atoms with Crippen molar-refractivity contribution in [3.8, 4) is 5.75 Å². The molecule has 27 heavy (non-hydrogen) atoms. The van der Waals surface area contributed by atoms with Crippen LogP contribution in [0.1, 0.15) is 43.7 Å². The molecule has 2 aromatic rings. The fraction of sp³-hybridized carbons (Fsp3) is 0.381. The van der Waals surface area contributed by atoms with Crippen molar-refractivity contribution in [2.75, 3.05) is 6.61 Å². The van der Waals surface area contributed by atoms with Crippen molar-refractivity contribution in [3.63, 3.8) is 0 Å². The number of ether oxygens (including phenoxy) is 1. The highest BCUT2D eigenvalue weighted by molar-refractivity contribution is 7.93. The van der Waals surface area contributed by atoms with E-state index in [9.17, 15) is 13.2 Å². The molecule has 4 rings (SSSR count). The summed E-state index contributed by atoms with van der Waals surface area (Å²) >= 11 is 0. The van der Waals surface area contributed by atoms with E-state index in [4.69, 9.17) is 4.74 Å². The third kappa shape index (κ3) is 3.02. The highest BCUT2D eigenvalue weighted by Crippen LogP contribution is 2.42. The molecule has 1 atom stereocenters. The zero-order valence-electron chi connectivity index (χ0n) is 15.1. The molecule has 0 radical (unpaired) electrons. The van der Waals surface area contributed by atoms with Gasteiger partial charge in [-0.05, 0) is 31.0 Å². The zero-order valence-corrected chi connectivity index (χ0v) is 15.9. The Kier molecular flexibility index (Phi) is 4.68. The smallest absolute Gasteiger partial charge is 0.242 e. The molecule has 1 aliphatic carbocycles. The van der Waals surface area contributed by atoms with Crippen LogP contribution in [0.3, 0.4) is 0 Å². The molecule has 1 aliphatic heterocycles. The number of carbonyl (C=O) groups is 1. The number of rotatable bonds is 4. The molecule has 0 saturated heterocycles. The average Bonchev–Trinajstić information content (AvgIpc) is 3.21. The summed E-state index contributed by atoms with van der Waals surface area (Å²) in [5.41, 5.74) is 0.905. The monoisotopic (exact) mass is 385 g/mol. The van der Waals surface area contributed by atoms with E-state index < -0.39 is 14.6 Å². The van der Waals surface area contributed by atoms with Crippen LogP contribution in [-0.4, -0.2) is 25.7 Å². The summed E-state index contributed by atoms with van der Waals surface area (Å²) < 4.78 is 31.1. The fourth-order valence-electron chi connectivity index (χ4n) is 4.17. The lowest BCUT2D eigenvalue weighted by atomic mass is 9.98. The summed E-state index contributed by atoms with van der Waals surface area (Å²) in [6, 6.07) is 15.7. The molecule has 1 N–H and O–H groups in total. The quantitative estimate of drug-likeness (QED) is 0.875. The van der Waals surface area contributed by atoms with Crippen molar-refractivity contribution in [1.29, 1.82) is 0 Å². The number of sulfone groups is 1. The summed E-state index contributed by atoms with van der Waals surface area (Å²) in [6.45, 7) is 0.500. The zero-order chi connectivity index (χ0) is 18.9. The van der Waals surface area contributed by atoms with Crippen LogP contribution in [-0.2, 0) is 14.6 Å². The molecule has 0 bridgehead atoms. The fourth-order valence-corrected chi connectivity index (χ4v) is 6.27. The molecule has 142 valence electrons. The first-order chi connectivity index (χ1) is 13.0. The molecule has 1 amide bonds. The second-order valence-electron chi connectivity index (χ2n) is 7.22. The van der Waals surface area contributed by atoms with Gasteiger partial charge in [0.15, 0.2) is 14.6 Å². The second kappa shape index (κ2) is 7.00. The maximum absolute atomic E-state index is 13.4. The van der Waals surface area contributed by atoms with Gasteiger partial charge in [0.05, 0.1) is 17.5 Å². The van der Waals surface area contributed by atoms with Gasteiger partial charge in [-0.3, -0.25) is 4.79 Å². The van der Waals surface area contributed by atoms with Crippen LogP contribution in [0.2, 0.25) is 0 Å². The van der Waals surface area contributed by atoms with Crippen LogP contribution >= 0.6 is 0 Å². The lowest BCUT2D eigenvalue weighted by molar-refractivity contribution is -0.124. The molecule has 0 aromatic heterocycles. The molecule has 0 spiro atoms. The molecule has 2 aromatic carbocycles. The largest absolute Gasteiger partial charge is 0.493 e. The minimum absolute atomic E-state index is 0.217. The number of para-hydroxylation sites is 1. The first kappa shape index (κ1) is 18.0. The number of hydrogen-bond donors (Lipinski definition) is 1. The Bertz CT molecular complexity index is 934. The van der Waals surface area contributed by atoms with Crippen molar-refractivity contribution in [3.05, 3.63) is 60.2 Å². The van der Waals surface area contributed by atoms with Crippen molar-refractivity contribution in [2.45, 2.75) is 47.8 Å². The number of benzene rings is 2. The standard InChI is InChI=1S/C21H23NO4S/c23-20(22-18-12-15-26-19-11-5-4-10-17(18)19)21(13-6-7-14-21)27(24,25)16-8-2-1-3-9-16/h1-5,8-11,18H,6-7,12-15H2,(H,22,23). The third-order valence-corrected chi connectivity index (χ3v) is 8.17. The van der Waals surface area contributed by atoms with E-state index in [0.29, 0.717) is 25.9 Å². The molecule has 1 unspecified atom stereocenters. The lowest BCUT2D eigenvalue weighted by Gasteiger charge is -2.32. The van der Waals surface area contributed by atoms with Gasteiger partial charge in [0.2, 0.25) is 5.91 Å². The van der Waals surface area contributed by atoms with E-state index in [0.717, 1.165) is 24.2 Å². The average molecular weight is 385 g/mol. The Labute approximate surface area is 159 Å². The molecule has 2 aliphatic rings. The predicted molar refractivity (Wildman–Crippen MR) is 102 cm³/mol. The summed E-state index contributed by atoms with van der Waals surface area (Å²) in [7, 11) is -3.77. The van der Waals surface area contributed by atoms with Gasteiger partial charge in [0.1, 0.15) is 5.75 Å². The molecule has 6 heteroatoms. The minimum atomic E-state index is -3.77. The van der Waals surface area contributed by atoms with Crippen molar-refractivity contribution in [1.82, 2.24) is 5.32 Å². The molecular formula is C21H23NO4S. The van der Waals surface area contributed by atoms with Gasteiger partial charge in [0.25, 0.3) is 0 Å². The molecule has 1 saturated carbocycles. The molecule has 5 nitrogen and oxygen atoms in total. The Morgan fingerprint density at radius 3 is 2.41 bits per heavy atom. The van der Waals surface area contributed by atoms with Crippen molar-refractivity contribution < 1.29 is 17.9 Å². The van der Waals surface area contributed by atoms with E-state index in [-0.39, 0.29) is 16.8 Å². The first-order valence-corrected chi connectivity index (χ1v) is 10.9. The van der Waals surface area contributed by atoms with Crippen LogP contribution in [0.4, 0.5) is 0 Å². The Balaban J connectivity index is 1.67. The topological polar surface area (TPSA) is 72.5 Å². The van der Waals surface area contributed by atoms with Gasteiger partial charge in [-0.15, -0.1) is 0 Å². The van der Waals surface area contributed by atoms with Crippen molar-refractivity contribution >= 4 is 15.7 Å². The van der Waals surface area contributed by atoms with E-state index >= 15 is 0 Å². The van der Waals surface area contributed by atoms with E-state index in [1.54, 1.807) is 30.3 Å². The number of nitrogens with one attached hydrogen (secondary N) is 1. The normalized spacial score (nSPS) is 21.1. The number of carbonyl (C=O) groups excluding carboxylic acids is 1. The molecular weight excluding hydrogens is 362 g/mol. The Morgan fingerprint density at radius 1 is 1.00 bits per heavy atom. The van der Waals surface area contributed by atoms with E-state index in [2.05, 4.69) is 5.32 Å². The van der Waals surface area contributed by atoms with Crippen LogP contribution < -0.4 is 10.1 Å². The van der Waals surface area contributed by atoms with Crippen LogP contribution in [0.25, 0.3) is 0 Å². The maximum Gasteiger partial charge on any atom is 0.242 e. The highest BCUT2D eigenvalue weighted by Gasteiger charge is 2.53.